The van der Waals surface area contributed by atoms with Gasteiger partial charge >= 0.3 is 0 Å². The molecule has 2 atom stereocenters. The first-order valence-electron chi connectivity index (χ1n) is 5.82. The highest BCUT2D eigenvalue weighted by molar-refractivity contribution is 9.10. The Bertz CT molecular complexity index is 378. The standard InChI is InChI=1S/C13H19BrN2/c1-9-6-10(9)8-16(2)13-5-3-4-12(14)11(13)7-15/h3-5,9-10H,6-8,15H2,1-2H3. The molecule has 1 saturated carbocycles. The van der Waals surface area contributed by atoms with E-state index in [-0.39, 0.29) is 0 Å². The van der Waals surface area contributed by atoms with Crippen molar-refractivity contribution in [2.24, 2.45) is 17.6 Å². The van der Waals surface area contributed by atoms with E-state index in [0.717, 1.165) is 22.9 Å². The van der Waals surface area contributed by atoms with Gasteiger partial charge in [-0.2, -0.15) is 0 Å². The second-order valence-corrected chi connectivity index (χ2v) is 5.65. The van der Waals surface area contributed by atoms with Gasteiger partial charge in [0.05, 0.1) is 0 Å². The molecule has 2 unspecified atom stereocenters. The highest BCUT2D eigenvalue weighted by Gasteiger charge is 2.33. The number of hydrogen-bond acceptors (Lipinski definition) is 2. The maximum atomic E-state index is 5.81. The fourth-order valence-corrected chi connectivity index (χ4v) is 2.73. The first-order chi connectivity index (χ1) is 7.63. The number of benzene rings is 1. The number of nitrogens with two attached hydrogens (primary N) is 1. The highest BCUT2D eigenvalue weighted by atomic mass is 79.9. The molecule has 88 valence electrons. The van der Waals surface area contributed by atoms with Crippen LogP contribution < -0.4 is 10.6 Å². The van der Waals surface area contributed by atoms with E-state index in [1.807, 2.05) is 0 Å². The summed E-state index contributed by atoms with van der Waals surface area (Å²) in [6, 6.07) is 6.28. The molecule has 1 fully saturated rings. The van der Waals surface area contributed by atoms with Crippen LogP contribution in [0.25, 0.3) is 0 Å². The molecule has 2 rings (SSSR count). The molecule has 16 heavy (non-hydrogen) atoms. The zero-order valence-electron chi connectivity index (χ0n) is 9.91. The molecule has 2 nitrogen and oxygen atoms in total. The van der Waals surface area contributed by atoms with Crippen molar-refractivity contribution < 1.29 is 0 Å². The number of hydrogen-bond donors (Lipinski definition) is 1. The van der Waals surface area contributed by atoms with Crippen LogP contribution in [0.15, 0.2) is 22.7 Å². The number of rotatable bonds is 4. The molecule has 0 saturated heterocycles. The maximum absolute atomic E-state index is 5.81. The van der Waals surface area contributed by atoms with Crippen molar-refractivity contribution in [2.45, 2.75) is 19.9 Å². The predicted molar refractivity (Wildman–Crippen MR) is 72.6 cm³/mol. The summed E-state index contributed by atoms with van der Waals surface area (Å²) < 4.78 is 1.11. The summed E-state index contributed by atoms with van der Waals surface area (Å²) in [6.07, 6.45) is 1.37. The Balaban J connectivity index is 2.15. The van der Waals surface area contributed by atoms with E-state index in [9.17, 15) is 0 Å². The Kier molecular flexibility index (Phi) is 3.55. The molecule has 0 radical (unpaired) electrons. The number of halogens is 1. The smallest absolute Gasteiger partial charge is 0.0420 e. The molecule has 1 aliphatic rings. The molecule has 3 heteroatoms. The molecule has 0 bridgehead atoms. The topological polar surface area (TPSA) is 29.3 Å². The van der Waals surface area contributed by atoms with Crippen molar-refractivity contribution in [3.63, 3.8) is 0 Å². The van der Waals surface area contributed by atoms with Crippen LogP contribution in [0, 0.1) is 11.8 Å². The molecule has 0 aromatic heterocycles. The van der Waals surface area contributed by atoms with Gasteiger partial charge in [-0.25, -0.2) is 0 Å². The molecule has 0 spiro atoms. The summed E-state index contributed by atoms with van der Waals surface area (Å²) in [7, 11) is 2.16. The summed E-state index contributed by atoms with van der Waals surface area (Å²) in [6.45, 7) is 4.05. The Labute approximate surface area is 106 Å². The van der Waals surface area contributed by atoms with Gasteiger partial charge in [-0.05, 0) is 30.4 Å². The average molecular weight is 283 g/mol. The van der Waals surface area contributed by atoms with Crippen molar-refractivity contribution >= 4 is 21.6 Å². The number of nitrogens with zero attached hydrogens (tertiary/aromatic N) is 1. The van der Waals surface area contributed by atoms with Crippen LogP contribution >= 0.6 is 15.9 Å². The fourth-order valence-electron chi connectivity index (χ4n) is 2.21. The minimum atomic E-state index is 0.585. The Morgan fingerprint density at radius 2 is 2.19 bits per heavy atom. The van der Waals surface area contributed by atoms with Gasteiger partial charge in [0.2, 0.25) is 0 Å². The summed E-state index contributed by atoms with van der Waals surface area (Å²) >= 11 is 3.56. The minimum absolute atomic E-state index is 0.585. The van der Waals surface area contributed by atoms with Crippen LogP contribution in [0.2, 0.25) is 0 Å². The van der Waals surface area contributed by atoms with E-state index in [1.54, 1.807) is 0 Å². The summed E-state index contributed by atoms with van der Waals surface area (Å²) in [5.74, 6) is 1.77. The lowest BCUT2D eigenvalue weighted by Crippen LogP contribution is -2.22. The first kappa shape index (κ1) is 11.9. The van der Waals surface area contributed by atoms with E-state index >= 15 is 0 Å². The van der Waals surface area contributed by atoms with Gasteiger partial charge in [0.1, 0.15) is 0 Å². The third-order valence-electron chi connectivity index (χ3n) is 3.49. The second kappa shape index (κ2) is 4.76. The zero-order chi connectivity index (χ0) is 11.7. The van der Waals surface area contributed by atoms with Crippen LogP contribution in [-0.2, 0) is 6.54 Å². The van der Waals surface area contributed by atoms with Gasteiger partial charge in [0.15, 0.2) is 0 Å². The van der Waals surface area contributed by atoms with Gasteiger partial charge < -0.3 is 10.6 Å². The Morgan fingerprint density at radius 3 is 2.75 bits per heavy atom. The van der Waals surface area contributed by atoms with E-state index in [0.29, 0.717) is 6.54 Å². The lowest BCUT2D eigenvalue weighted by molar-refractivity contribution is 0.722. The van der Waals surface area contributed by atoms with E-state index < -0.39 is 0 Å². The Hall–Kier alpha value is -0.540. The largest absolute Gasteiger partial charge is 0.374 e. The van der Waals surface area contributed by atoms with Crippen LogP contribution in [0.1, 0.15) is 18.9 Å². The second-order valence-electron chi connectivity index (χ2n) is 4.80. The van der Waals surface area contributed by atoms with E-state index in [1.165, 1.54) is 17.7 Å². The molecular formula is C13H19BrN2. The third kappa shape index (κ3) is 2.41. The molecule has 1 aromatic rings. The molecule has 0 aliphatic heterocycles. The Morgan fingerprint density at radius 1 is 1.50 bits per heavy atom. The zero-order valence-corrected chi connectivity index (χ0v) is 11.5. The van der Waals surface area contributed by atoms with Crippen molar-refractivity contribution in [1.82, 2.24) is 0 Å². The van der Waals surface area contributed by atoms with Crippen LogP contribution in [0.4, 0.5) is 5.69 Å². The van der Waals surface area contributed by atoms with E-state index in [4.69, 9.17) is 5.73 Å². The van der Waals surface area contributed by atoms with Gasteiger partial charge in [0.25, 0.3) is 0 Å². The summed E-state index contributed by atoms with van der Waals surface area (Å²) in [5, 5.41) is 0. The van der Waals surface area contributed by atoms with Crippen LogP contribution in [0.5, 0.6) is 0 Å². The molecule has 2 N–H and O–H groups in total. The highest BCUT2D eigenvalue weighted by Crippen LogP contribution is 2.39. The maximum Gasteiger partial charge on any atom is 0.0420 e. The quantitative estimate of drug-likeness (QED) is 0.920. The van der Waals surface area contributed by atoms with Crippen LogP contribution in [0.3, 0.4) is 0 Å². The fraction of sp³-hybridized carbons (Fsp3) is 0.538. The summed E-state index contributed by atoms with van der Waals surface area (Å²) in [4.78, 5) is 2.33. The molecule has 0 heterocycles. The van der Waals surface area contributed by atoms with Crippen molar-refractivity contribution in [3.8, 4) is 0 Å². The minimum Gasteiger partial charge on any atom is -0.374 e. The average Bonchev–Trinajstić information content (AvgIpc) is 2.93. The lowest BCUT2D eigenvalue weighted by Gasteiger charge is -2.23. The van der Waals surface area contributed by atoms with Crippen molar-refractivity contribution in [1.29, 1.82) is 0 Å². The lowest BCUT2D eigenvalue weighted by atomic mass is 10.1. The van der Waals surface area contributed by atoms with Gasteiger partial charge in [-0.1, -0.05) is 28.9 Å². The molecule has 0 amide bonds. The molecule has 1 aromatic carbocycles. The van der Waals surface area contributed by atoms with Gasteiger partial charge in [0, 0.05) is 35.9 Å². The third-order valence-corrected chi connectivity index (χ3v) is 4.24. The molecule has 1 aliphatic carbocycles. The first-order valence-corrected chi connectivity index (χ1v) is 6.61. The van der Waals surface area contributed by atoms with Gasteiger partial charge in [-0.3, -0.25) is 0 Å². The molecular weight excluding hydrogens is 264 g/mol. The van der Waals surface area contributed by atoms with Gasteiger partial charge in [-0.15, -0.1) is 0 Å². The van der Waals surface area contributed by atoms with Crippen LogP contribution in [-0.4, -0.2) is 13.6 Å². The normalized spacial score (nSPS) is 23.2. The van der Waals surface area contributed by atoms with Crippen molar-refractivity contribution in [2.75, 3.05) is 18.5 Å². The van der Waals surface area contributed by atoms with Crippen molar-refractivity contribution in [3.05, 3.63) is 28.2 Å². The SMILES string of the molecule is CC1CC1CN(C)c1cccc(Br)c1CN. The van der Waals surface area contributed by atoms with E-state index in [2.05, 4.69) is 53.0 Å². The summed E-state index contributed by atoms with van der Waals surface area (Å²) in [5.41, 5.74) is 8.27. The predicted octanol–water partition coefficient (Wildman–Crippen LogP) is 3.00. The number of anilines is 1. The monoisotopic (exact) mass is 282 g/mol.